The maximum absolute atomic E-state index is 12.5. The second kappa shape index (κ2) is 6.31. The molecule has 6 nitrogen and oxygen atoms in total. The van der Waals surface area contributed by atoms with Gasteiger partial charge in [-0.1, -0.05) is 0 Å². The van der Waals surface area contributed by atoms with Crippen LogP contribution in [0.2, 0.25) is 0 Å². The number of aromatic nitrogens is 2. The molecule has 2 saturated heterocycles. The molecule has 24 heavy (non-hydrogen) atoms. The monoisotopic (exact) mass is 329 g/mol. The van der Waals surface area contributed by atoms with Gasteiger partial charge in [-0.3, -0.25) is 14.7 Å². The fraction of sp³-hybridized carbons (Fsp3) is 0.722. The van der Waals surface area contributed by atoms with E-state index in [1.165, 1.54) is 12.8 Å². The fourth-order valence-corrected chi connectivity index (χ4v) is 4.15. The standard InChI is InChI=1S/C18H27N5O/c1-21-10-11-23(16-12-19-7-8-20-16)14-18(21)5-4-17(24)22(9-6-18)13-15-2-3-15/h7-8,12,15H,2-6,9-11,13-14H2,1H3/t18-/m0/s1. The van der Waals surface area contributed by atoms with Crippen molar-refractivity contribution in [2.45, 2.75) is 37.6 Å². The number of likely N-dealkylation sites (tertiary alicyclic amines) is 1. The molecule has 1 aromatic rings. The van der Waals surface area contributed by atoms with Crippen LogP contribution in [0.15, 0.2) is 18.6 Å². The van der Waals surface area contributed by atoms with Crippen molar-refractivity contribution in [1.82, 2.24) is 19.8 Å². The van der Waals surface area contributed by atoms with Crippen molar-refractivity contribution in [2.24, 2.45) is 5.92 Å². The first kappa shape index (κ1) is 15.8. The Morgan fingerprint density at radius 2 is 2.08 bits per heavy atom. The molecular weight excluding hydrogens is 302 g/mol. The lowest BCUT2D eigenvalue weighted by atomic mass is 9.86. The van der Waals surface area contributed by atoms with Crippen LogP contribution >= 0.6 is 0 Å². The summed E-state index contributed by atoms with van der Waals surface area (Å²) in [7, 11) is 2.22. The van der Waals surface area contributed by atoms with E-state index in [2.05, 4.69) is 31.7 Å². The van der Waals surface area contributed by atoms with Crippen LogP contribution < -0.4 is 4.90 Å². The van der Waals surface area contributed by atoms with E-state index in [1.54, 1.807) is 12.4 Å². The highest BCUT2D eigenvalue weighted by Crippen LogP contribution is 2.35. The Morgan fingerprint density at radius 1 is 1.21 bits per heavy atom. The summed E-state index contributed by atoms with van der Waals surface area (Å²) in [5, 5.41) is 0. The van der Waals surface area contributed by atoms with Gasteiger partial charge in [-0.05, 0) is 38.6 Å². The highest BCUT2D eigenvalue weighted by Gasteiger charge is 2.43. The van der Waals surface area contributed by atoms with Crippen LogP contribution in [0, 0.1) is 5.92 Å². The summed E-state index contributed by atoms with van der Waals surface area (Å²) >= 11 is 0. The Morgan fingerprint density at radius 3 is 2.83 bits per heavy atom. The molecule has 3 aliphatic rings. The molecule has 1 aliphatic carbocycles. The van der Waals surface area contributed by atoms with Gasteiger partial charge in [-0.15, -0.1) is 0 Å². The number of anilines is 1. The van der Waals surface area contributed by atoms with Crippen LogP contribution in [0.25, 0.3) is 0 Å². The Hall–Kier alpha value is -1.69. The number of rotatable bonds is 3. The van der Waals surface area contributed by atoms with E-state index >= 15 is 0 Å². The molecule has 6 heteroatoms. The number of carbonyl (C=O) groups excluding carboxylic acids is 1. The lowest BCUT2D eigenvalue weighted by molar-refractivity contribution is -0.130. The molecule has 0 radical (unpaired) electrons. The highest BCUT2D eigenvalue weighted by atomic mass is 16.2. The average molecular weight is 329 g/mol. The van der Waals surface area contributed by atoms with E-state index in [0.29, 0.717) is 12.3 Å². The minimum absolute atomic E-state index is 0.0731. The van der Waals surface area contributed by atoms with Crippen LogP contribution in [0.5, 0.6) is 0 Å². The van der Waals surface area contributed by atoms with Gasteiger partial charge in [0.1, 0.15) is 5.82 Å². The Bertz CT molecular complexity index is 590. The van der Waals surface area contributed by atoms with E-state index in [1.807, 2.05) is 6.20 Å². The van der Waals surface area contributed by atoms with Gasteiger partial charge in [0, 0.05) is 57.1 Å². The van der Waals surface area contributed by atoms with Gasteiger partial charge < -0.3 is 9.80 Å². The molecule has 0 aromatic carbocycles. The molecule has 2 aliphatic heterocycles. The van der Waals surface area contributed by atoms with Crippen molar-refractivity contribution in [1.29, 1.82) is 0 Å². The summed E-state index contributed by atoms with van der Waals surface area (Å²) in [6, 6.07) is 0. The minimum Gasteiger partial charge on any atom is -0.352 e. The first-order valence-corrected chi connectivity index (χ1v) is 9.16. The number of amides is 1. The molecular formula is C18H27N5O. The van der Waals surface area contributed by atoms with Crippen LogP contribution in [-0.2, 0) is 4.79 Å². The Balaban J connectivity index is 1.50. The topological polar surface area (TPSA) is 52.6 Å². The highest BCUT2D eigenvalue weighted by molar-refractivity contribution is 5.76. The first-order chi connectivity index (χ1) is 11.7. The number of hydrogen-bond acceptors (Lipinski definition) is 5. The van der Waals surface area contributed by atoms with Gasteiger partial charge >= 0.3 is 0 Å². The number of carbonyl (C=O) groups is 1. The first-order valence-electron chi connectivity index (χ1n) is 9.16. The van der Waals surface area contributed by atoms with Gasteiger partial charge in [0.05, 0.1) is 6.20 Å². The summed E-state index contributed by atoms with van der Waals surface area (Å²) in [5.41, 5.74) is 0.0731. The molecule has 0 unspecified atom stereocenters. The zero-order valence-electron chi connectivity index (χ0n) is 14.5. The number of nitrogens with zero attached hydrogens (tertiary/aromatic N) is 5. The van der Waals surface area contributed by atoms with Crippen LogP contribution in [0.1, 0.15) is 32.1 Å². The molecule has 1 aromatic heterocycles. The van der Waals surface area contributed by atoms with Crippen molar-refractivity contribution in [2.75, 3.05) is 44.7 Å². The van der Waals surface area contributed by atoms with Gasteiger partial charge in [-0.2, -0.15) is 0 Å². The molecule has 130 valence electrons. The molecule has 3 fully saturated rings. The maximum atomic E-state index is 12.5. The Labute approximate surface area is 143 Å². The second-order valence-corrected chi connectivity index (χ2v) is 7.66. The zero-order chi connectivity index (χ0) is 16.6. The largest absolute Gasteiger partial charge is 0.352 e. The average Bonchev–Trinajstić information content (AvgIpc) is 3.44. The van der Waals surface area contributed by atoms with Crippen molar-refractivity contribution in [3.8, 4) is 0 Å². The predicted octanol–water partition coefficient (Wildman–Crippen LogP) is 1.39. The van der Waals surface area contributed by atoms with E-state index in [0.717, 1.165) is 57.3 Å². The quantitative estimate of drug-likeness (QED) is 0.839. The lowest BCUT2D eigenvalue weighted by Crippen LogP contribution is -2.61. The zero-order valence-corrected chi connectivity index (χ0v) is 14.5. The van der Waals surface area contributed by atoms with Crippen molar-refractivity contribution in [3.05, 3.63) is 18.6 Å². The third-order valence-corrected chi connectivity index (χ3v) is 6.05. The molecule has 1 amide bonds. The summed E-state index contributed by atoms with van der Waals surface area (Å²) in [5.74, 6) is 2.07. The molecule has 3 heterocycles. The minimum atomic E-state index is 0.0731. The van der Waals surface area contributed by atoms with Gasteiger partial charge in [-0.25, -0.2) is 4.98 Å². The summed E-state index contributed by atoms with van der Waals surface area (Å²) in [6.45, 7) is 4.79. The number of piperazine rings is 1. The summed E-state index contributed by atoms with van der Waals surface area (Å²) in [4.78, 5) is 28.2. The smallest absolute Gasteiger partial charge is 0.222 e. The summed E-state index contributed by atoms with van der Waals surface area (Å²) < 4.78 is 0. The van der Waals surface area contributed by atoms with E-state index < -0.39 is 0 Å². The third kappa shape index (κ3) is 3.11. The Kier molecular flexibility index (Phi) is 4.16. The molecule has 4 rings (SSSR count). The SMILES string of the molecule is CN1CCN(c2cnccn2)C[C@@]12CCC(=O)N(CC1CC1)CC2. The van der Waals surface area contributed by atoms with Crippen LogP contribution in [-0.4, -0.2) is 71.0 Å². The molecule has 0 bridgehead atoms. The van der Waals surface area contributed by atoms with E-state index in [4.69, 9.17) is 0 Å². The van der Waals surface area contributed by atoms with Gasteiger partial charge in [0.25, 0.3) is 0 Å². The predicted molar refractivity (Wildman–Crippen MR) is 92.8 cm³/mol. The van der Waals surface area contributed by atoms with Crippen LogP contribution in [0.4, 0.5) is 5.82 Å². The third-order valence-electron chi connectivity index (χ3n) is 6.05. The van der Waals surface area contributed by atoms with Crippen molar-refractivity contribution in [3.63, 3.8) is 0 Å². The summed E-state index contributed by atoms with van der Waals surface area (Å²) in [6.07, 6.45) is 10.6. The van der Waals surface area contributed by atoms with E-state index in [-0.39, 0.29) is 5.54 Å². The second-order valence-electron chi connectivity index (χ2n) is 7.66. The maximum Gasteiger partial charge on any atom is 0.222 e. The molecule has 1 spiro atoms. The van der Waals surface area contributed by atoms with Gasteiger partial charge in [0.2, 0.25) is 5.91 Å². The van der Waals surface area contributed by atoms with Gasteiger partial charge in [0.15, 0.2) is 0 Å². The number of hydrogen-bond donors (Lipinski definition) is 0. The van der Waals surface area contributed by atoms with Crippen molar-refractivity contribution >= 4 is 11.7 Å². The number of likely N-dealkylation sites (N-methyl/N-ethyl adjacent to an activating group) is 1. The lowest BCUT2D eigenvalue weighted by Gasteiger charge is -2.49. The molecule has 1 saturated carbocycles. The van der Waals surface area contributed by atoms with Crippen LogP contribution in [0.3, 0.4) is 0 Å². The fourth-order valence-electron chi connectivity index (χ4n) is 4.15. The molecule has 1 atom stereocenters. The van der Waals surface area contributed by atoms with Crippen molar-refractivity contribution < 1.29 is 4.79 Å². The van der Waals surface area contributed by atoms with E-state index in [9.17, 15) is 4.79 Å². The molecule has 0 N–H and O–H groups in total. The normalized spacial score (nSPS) is 29.1.